The fourth-order valence-electron chi connectivity index (χ4n) is 4.58. The second-order valence-electron chi connectivity index (χ2n) is 9.92. The van der Waals surface area contributed by atoms with Gasteiger partial charge in [0.05, 0.1) is 45.8 Å². The zero-order chi connectivity index (χ0) is 33.4. The quantitative estimate of drug-likeness (QED) is 0.146. The van der Waals surface area contributed by atoms with Gasteiger partial charge >= 0.3 is 0 Å². The minimum atomic E-state index is -4.07. The van der Waals surface area contributed by atoms with Crippen LogP contribution in [-0.2, 0) is 40.1 Å². The molecule has 0 unspecified atom stereocenters. The minimum Gasteiger partial charge on any atom is -0.851 e. The molecule has 1 aliphatic rings. The van der Waals surface area contributed by atoms with Crippen molar-refractivity contribution in [3.63, 3.8) is 0 Å². The first kappa shape index (κ1) is 35.4. The molecule has 6 N–H and O–H groups in total. The van der Waals surface area contributed by atoms with Crippen LogP contribution in [0.1, 0.15) is 50.7 Å². The molecule has 2 aromatic rings. The van der Waals surface area contributed by atoms with Crippen LogP contribution in [0.25, 0.3) is 0 Å². The van der Waals surface area contributed by atoms with E-state index in [1.54, 1.807) is 0 Å². The number of hydrogen-bond acceptors (Lipinski definition) is 12. The van der Waals surface area contributed by atoms with Gasteiger partial charge in [0.1, 0.15) is 11.5 Å². The Balaban J connectivity index is 2.15. The van der Waals surface area contributed by atoms with E-state index in [2.05, 4.69) is 18.9 Å². The molecule has 2 aromatic carbocycles. The van der Waals surface area contributed by atoms with Crippen LogP contribution in [-0.4, -0.2) is 79.1 Å². The summed E-state index contributed by atoms with van der Waals surface area (Å²) < 4.78 is 107. The topological polar surface area (TPSA) is 271 Å². The van der Waals surface area contributed by atoms with Crippen LogP contribution in [0, 0.1) is 0 Å². The van der Waals surface area contributed by atoms with Gasteiger partial charge in [0.25, 0.3) is 0 Å². The number of anilines is 4. The number of phenols is 2. The monoisotopic (exact) mass is 698 g/mol. The molecule has 16 nitrogen and oxygen atoms in total. The molecule has 1 saturated carbocycles. The Hall–Kier alpha value is -3.04. The van der Waals surface area contributed by atoms with E-state index in [1.165, 1.54) is 27.7 Å². The maximum absolute atomic E-state index is 13.7. The highest BCUT2D eigenvalue weighted by molar-refractivity contribution is 7.93. The SMILES string of the molecule is CCS(=O)(=O)Nc1cc(O)c(C2C([O-])C(c3c(O)cc(NS(=O)(=O)CC)cc3NS(=O)(=O)CC)C2[O-])c(NS(=O)(=O)CC)c1. The first-order valence-corrected chi connectivity index (χ1v) is 19.9. The molecule has 0 bridgehead atoms. The van der Waals surface area contributed by atoms with Crippen molar-refractivity contribution in [2.24, 2.45) is 0 Å². The third-order valence-corrected chi connectivity index (χ3v) is 12.2. The largest absolute Gasteiger partial charge is 0.851 e. The molecule has 1 aliphatic carbocycles. The Bertz CT molecular complexity index is 1700. The lowest BCUT2D eigenvalue weighted by atomic mass is 9.62. The standard InChI is InChI=1S/C24H34N4O12S4/c1-5-41(33,34)25-13-9-15(27-43(37,38)7-3)19(17(29)11-13)21-23(31)22(24(21)32)20-16(28-44(39,40)8-4)10-14(12-18(20)30)26-42(35,36)6-2/h9-12,21-30H,5-8H2,1-4H3/q-2. The molecule has 3 rings (SSSR count). The molecule has 248 valence electrons. The van der Waals surface area contributed by atoms with E-state index in [0.29, 0.717) is 0 Å². The van der Waals surface area contributed by atoms with Crippen LogP contribution in [0.4, 0.5) is 22.7 Å². The molecule has 0 heterocycles. The van der Waals surface area contributed by atoms with Crippen molar-refractivity contribution in [1.82, 2.24) is 0 Å². The van der Waals surface area contributed by atoms with Crippen molar-refractivity contribution in [3.05, 3.63) is 35.4 Å². The normalized spacial score (nSPS) is 20.9. The predicted molar refractivity (Wildman–Crippen MR) is 162 cm³/mol. The molecule has 0 aromatic heterocycles. The second kappa shape index (κ2) is 12.8. The van der Waals surface area contributed by atoms with E-state index in [9.17, 15) is 54.1 Å². The summed E-state index contributed by atoms with van der Waals surface area (Å²) in [5, 5.41) is 49.0. The first-order chi connectivity index (χ1) is 20.2. The highest BCUT2D eigenvalue weighted by Crippen LogP contribution is 2.54. The zero-order valence-electron chi connectivity index (χ0n) is 24.1. The van der Waals surface area contributed by atoms with Crippen LogP contribution < -0.4 is 29.1 Å². The van der Waals surface area contributed by atoms with Gasteiger partial charge in [-0.1, -0.05) is 0 Å². The van der Waals surface area contributed by atoms with Crippen LogP contribution >= 0.6 is 0 Å². The third-order valence-electron chi connectivity index (χ3n) is 7.00. The van der Waals surface area contributed by atoms with Gasteiger partial charge in [0.2, 0.25) is 40.1 Å². The van der Waals surface area contributed by atoms with Crippen molar-refractivity contribution >= 4 is 62.8 Å². The van der Waals surface area contributed by atoms with Gasteiger partial charge in [0.15, 0.2) is 0 Å². The minimum absolute atomic E-state index is 0.248. The van der Waals surface area contributed by atoms with Crippen LogP contribution in [0.3, 0.4) is 0 Å². The molecule has 0 radical (unpaired) electrons. The van der Waals surface area contributed by atoms with E-state index >= 15 is 0 Å². The Kier molecular flexibility index (Phi) is 10.3. The molecule has 44 heavy (non-hydrogen) atoms. The number of hydrogen-bond donors (Lipinski definition) is 6. The fourth-order valence-corrected chi connectivity index (χ4v) is 7.12. The van der Waals surface area contributed by atoms with Crippen molar-refractivity contribution in [2.75, 3.05) is 41.9 Å². The molecule has 0 aliphatic heterocycles. The van der Waals surface area contributed by atoms with Gasteiger partial charge in [-0.25, -0.2) is 33.7 Å². The number of sulfonamides is 4. The van der Waals surface area contributed by atoms with Gasteiger partial charge in [-0.05, 0) is 51.7 Å². The van der Waals surface area contributed by atoms with Crippen LogP contribution in [0.5, 0.6) is 11.5 Å². The average Bonchev–Trinajstić information content (AvgIpc) is 2.91. The van der Waals surface area contributed by atoms with E-state index < -0.39 is 110 Å². The number of benzene rings is 2. The number of aromatic hydroxyl groups is 2. The van der Waals surface area contributed by atoms with Gasteiger partial charge < -0.3 is 20.4 Å². The van der Waals surface area contributed by atoms with E-state index in [-0.39, 0.29) is 22.9 Å². The second-order valence-corrected chi connectivity index (χ2v) is 18.0. The first-order valence-electron chi connectivity index (χ1n) is 13.3. The lowest BCUT2D eigenvalue weighted by molar-refractivity contribution is -0.536. The summed E-state index contributed by atoms with van der Waals surface area (Å²) in [5.74, 6) is -6.41. The van der Waals surface area contributed by atoms with Gasteiger partial charge in [-0.3, -0.25) is 18.9 Å². The Morgan fingerprint density at radius 3 is 1.09 bits per heavy atom. The maximum Gasteiger partial charge on any atom is 0.232 e. The fraction of sp³-hybridized carbons (Fsp3) is 0.500. The highest BCUT2D eigenvalue weighted by atomic mass is 32.2. The van der Waals surface area contributed by atoms with E-state index in [0.717, 1.165) is 24.3 Å². The number of rotatable bonds is 14. The van der Waals surface area contributed by atoms with Crippen molar-refractivity contribution in [3.8, 4) is 11.5 Å². The molecular weight excluding hydrogens is 665 g/mol. The summed E-state index contributed by atoms with van der Waals surface area (Å²) in [4.78, 5) is 0. The molecule has 0 saturated heterocycles. The molecule has 1 fully saturated rings. The molecular formula is C24H34N4O12S4-2. The maximum atomic E-state index is 13.7. The summed E-state index contributed by atoms with van der Waals surface area (Å²) in [6, 6.07) is 3.84. The molecule has 20 heteroatoms. The van der Waals surface area contributed by atoms with Crippen molar-refractivity contribution in [2.45, 2.75) is 51.7 Å². The number of nitrogens with one attached hydrogen (secondary N) is 4. The average molecular weight is 699 g/mol. The Labute approximate surface area is 256 Å². The van der Waals surface area contributed by atoms with E-state index in [4.69, 9.17) is 0 Å². The predicted octanol–water partition coefficient (Wildman–Crippen LogP) is -0.517. The summed E-state index contributed by atoms with van der Waals surface area (Å²) in [6.45, 7) is 5.27. The Morgan fingerprint density at radius 1 is 0.545 bits per heavy atom. The van der Waals surface area contributed by atoms with Crippen LogP contribution in [0.15, 0.2) is 24.3 Å². The highest BCUT2D eigenvalue weighted by Gasteiger charge is 2.43. The summed E-state index contributed by atoms with van der Waals surface area (Å²) >= 11 is 0. The molecule has 0 atom stereocenters. The lowest BCUT2D eigenvalue weighted by Crippen LogP contribution is -2.63. The summed E-state index contributed by atoms with van der Waals surface area (Å²) in [7, 11) is -15.9. The number of phenolic OH excluding ortho intramolecular Hbond substituents is 2. The zero-order valence-corrected chi connectivity index (χ0v) is 27.3. The molecule has 0 amide bonds. The van der Waals surface area contributed by atoms with Crippen molar-refractivity contribution in [1.29, 1.82) is 0 Å². The summed E-state index contributed by atoms with van der Waals surface area (Å²) in [6.07, 6.45) is -3.97. The van der Waals surface area contributed by atoms with E-state index in [1.807, 2.05) is 0 Å². The summed E-state index contributed by atoms with van der Waals surface area (Å²) in [5.41, 5.74) is -2.18. The van der Waals surface area contributed by atoms with Gasteiger partial charge in [-0.2, -0.15) is 0 Å². The van der Waals surface area contributed by atoms with Gasteiger partial charge in [0, 0.05) is 23.3 Å². The van der Waals surface area contributed by atoms with Crippen LogP contribution in [0.2, 0.25) is 0 Å². The lowest BCUT2D eigenvalue weighted by Gasteiger charge is -2.62. The smallest absolute Gasteiger partial charge is 0.232 e. The third kappa shape index (κ3) is 7.78. The van der Waals surface area contributed by atoms with Gasteiger partial charge in [-0.15, -0.1) is 12.2 Å². The van der Waals surface area contributed by atoms with Crippen molar-refractivity contribution < 1.29 is 54.1 Å². The molecule has 0 spiro atoms. The Morgan fingerprint density at radius 2 is 0.818 bits per heavy atom.